The van der Waals surface area contributed by atoms with Crippen molar-refractivity contribution < 1.29 is 0 Å². The Bertz CT molecular complexity index is 675. The lowest BCUT2D eigenvalue weighted by atomic mass is 10.0. The highest BCUT2D eigenvalue weighted by Gasteiger charge is 2.06. The van der Waals surface area contributed by atoms with Crippen LogP contribution in [0.3, 0.4) is 0 Å². The number of aromatic nitrogens is 1. The monoisotopic (exact) mass is 261 g/mol. The van der Waals surface area contributed by atoms with E-state index in [0.717, 1.165) is 21.8 Å². The lowest BCUT2D eigenvalue weighted by Gasteiger charge is -2.07. The van der Waals surface area contributed by atoms with Gasteiger partial charge in [-0.05, 0) is 36.8 Å². The molecule has 0 saturated heterocycles. The van der Waals surface area contributed by atoms with Crippen LogP contribution in [0.1, 0.15) is 5.56 Å². The summed E-state index contributed by atoms with van der Waals surface area (Å²) >= 11 is 12.0. The average molecular weight is 262 g/mol. The van der Waals surface area contributed by atoms with Crippen LogP contribution in [0.2, 0.25) is 10.0 Å². The number of rotatable bonds is 0. The summed E-state index contributed by atoms with van der Waals surface area (Å²) in [7, 11) is 0. The Balaban J connectivity index is 2.52. The molecule has 1 aromatic heterocycles. The Labute approximate surface area is 109 Å². The number of hydrogen-bond acceptors (Lipinski definition) is 1. The number of benzene rings is 2. The zero-order valence-corrected chi connectivity index (χ0v) is 10.7. The summed E-state index contributed by atoms with van der Waals surface area (Å²) in [5.41, 5.74) is 3.02. The average Bonchev–Trinajstić information content (AvgIpc) is 2.28. The maximum absolute atomic E-state index is 5.99. The van der Waals surface area contributed by atoms with Crippen molar-refractivity contribution in [3.05, 3.63) is 52.0 Å². The molecule has 17 heavy (non-hydrogen) atoms. The second-order valence-corrected chi connectivity index (χ2v) is 4.93. The maximum atomic E-state index is 5.99. The molecule has 0 aliphatic carbocycles. The van der Waals surface area contributed by atoms with Gasteiger partial charge in [-0.15, -0.1) is 0 Å². The van der Waals surface area contributed by atoms with E-state index >= 15 is 0 Å². The van der Waals surface area contributed by atoms with Crippen molar-refractivity contribution in [3.63, 3.8) is 0 Å². The topological polar surface area (TPSA) is 12.9 Å². The highest BCUT2D eigenvalue weighted by molar-refractivity contribution is 6.32. The van der Waals surface area contributed by atoms with Gasteiger partial charge in [-0.3, -0.25) is 0 Å². The van der Waals surface area contributed by atoms with Crippen molar-refractivity contribution >= 4 is 45.0 Å². The molecule has 0 amide bonds. The van der Waals surface area contributed by atoms with Gasteiger partial charge in [0.2, 0.25) is 0 Å². The van der Waals surface area contributed by atoms with Crippen LogP contribution in [-0.4, -0.2) is 4.98 Å². The molecule has 0 radical (unpaired) electrons. The summed E-state index contributed by atoms with van der Waals surface area (Å²) in [6.07, 6.45) is 0. The lowest BCUT2D eigenvalue weighted by Crippen LogP contribution is -1.87. The number of nitrogens with zero attached hydrogens (tertiary/aromatic N) is 1. The third kappa shape index (κ3) is 1.76. The van der Waals surface area contributed by atoms with E-state index in [1.807, 2.05) is 36.4 Å². The fourth-order valence-electron chi connectivity index (χ4n) is 2.10. The first-order valence-corrected chi connectivity index (χ1v) is 6.06. The zero-order valence-electron chi connectivity index (χ0n) is 9.17. The van der Waals surface area contributed by atoms with Gasteiger partial charge in [-0.2, -0.15) is 0 Å². The van der Waals surface area contributed by atoms with Gasteiger partial charge >= 0.3 is 0 Å². The Morgan fingerprint density at radius 1 is 0.824 bits per heavy atom. The van der Waals surface area contributed by atoms with E-state index in [9.17, 15) is 0 Å². The SMILES string of the molecule is Cc1c2ccc(Cl)cc2nc2cc(Cl)ccc12. The highest BCUT2D eigenvalue weighted by atomic mass is 35.5. The van der Waals surface area contributed by atoms with E-state index in [1.165, 1.54) is 5.56 Å². The van der Waals surface area contributed by atoms with Gasteiger partial charge in [0.25, 0.3) is 0 Å². The van der Waals surface area contributed by atoms with Crippen LogP contribution in [0, 0.1) is 6.92 Å². The van der Waals surface area contributed by atoms with Gasteiger partial charge in [0, 0.05) is 20.8 Å². The van der Waals surface area contributed by atoms with Crippen molar-refractivity contribution in [1.29, 1.82) is 0 Å². The van der Waals surface area contributed by atoms with Crippen LogP contribution in [0.5, 0.6) is 0 Å². The predicted molar refractivity (Wildman–Crippen MR) is 74.0 cm³/mol. The first-order valence-electron chi connectivity index (χ1n) is 5.30. The smallest absolute Gasteiger partial charge is 0.0727 e. The van der Waals surface area contributed by atoms with Crippen LogP contribution < -0.4 is 0 Å². The van der Waals surface area contributed by atoms with Gasteiger partial charge in [0.1, 0.15) is 0 Å². The number of aryl methyl sites for hydroxylation is 1. The van der Waals surface area contributed by atoms with E-state index < -0.39 is 0 Å². The van der Waals surface area contributed by atoms with Crippen molar-refractivity contribution in [1.82, 2.24) is 4.98 Å². The molecular formula is C14H9Cl2N. The summed E-state index contributed by atoms with van der Waals surface area (Å²) in [5.74, 6) is 0. The number of halogens is 2. The van der Waals surface area contributed by atoms with Crippen LogP contribution in [0.25, 0.3) is 21.8 Å². The molecule has 3 heteroatoms. The Morgan fingerprint density at radius 2 is 1.29 bits per heavy atom. The summed E-state index contributed by atoms with van der Waals surface area (Å²) in [4.78, 5) is 4.59. The number of fused-ring (bicyclic) bond motifs is 2. The van der Waals surface area contributed by atoms with Gasteiger partial charge in [0.05, 0.1) is 11.0 Å². The van der Waals surface area contributed by atoms with Crippen molar-refractivity contribution in [2.45, 2.75) is 6.92 Å². The standard InChI is InChI=1S/C14H9Cl2N/c1-8-11-4-2-9(15)6-13(11)17-14-7-10(16)3-5-12(8)14/h2-7H,1H3. The highest BCUT2D eigenvalue weighted by Crippen LogP contribution is 2.28. The molecular weight excluding hydrogens is 253 g/mol. The number of hydrogen-bond donors (Lipinski definition) is 0. The van der Waals surface area contributed by atoms with Crippen LogP contribution in [-0.2, 0) is 0 Å². The van der Waals surface area contributed by atoms with Crippen LogP contribution >= 0.6 is 23.2 Å². The minimum Gasteiger partial charge on any atom is -0.248 e. The molecule has 3 aromatic rings. The quantitative estimate of drug-likeness (QED) is 0.519. The minimum absolute atomic E-state index is 0.700. The second kappa shape index (κ2) is 3.86. The summed E-state index contributed by atoms with van der Waals surface area (Å²) < 4.78 is 0. The predicted octanol–water partition coefficient (Wildman–Crippen LogP) is 5.00. The molecule has 0 fully saturated rings. The van der Waals surface area contributed by atoms with E-state index in [4.69, 9.17) is 23.2 Å². The first-order chi connectivity index (χ1) is 8.15. The van der Waals surface area contributed by atoms with Crippen LogP contribution in [0.15, 0.2) is 36.4 Å². The van der Waals surface area contributed by atoms with Gasteiger partial charge in [-0.1, -0.05) is 35.3 Å². The molecule has 84 valence electrons. The largest absolute Gasteiger partial charge is 0.248 e. The second-order valence-electron chi connectivity index (χ2n) is 4.06. The summed E-state index contributed by atoms with van der Waals surface area (Å²) in [6, 6.07) is 11.6. The molecule has 1 nitrogen and oxygen atoms in total. The molecule has 0 bridgehead atoms. The molecule has 0 unspecified atom stereocenters. The molecule has 0 atom stereocenters. The van der Waals surface area contributed by atoms with Crippen molar-refractivity contribution in [2.24, 2.45) is 0 Å². The number of pyridine rings is 1. The van der Waals surface area contributed by atoms with Crippen LogP contribution in [0.4, 0.5) is 0 Å². The zero-order chi connectivity index (χ0) is 12.0. The maximum Gasteiger partial charge on any atom is 0.0727 e. The molecule has 0 N–H and O–H groups in total. The Kier molecular flexibility index (Phi) is 2.46. The molecule has 2 aromatic carbocycles. The van der Waals surface area contributed by atoms with E-state index in [2.05, 4.69) is 11.9 Å². The molecule has 0 aliphatic heterocycles. The Morgan fingerprint density at radius 3 is 1.76 bits per heavy atom. The Hall–Kier alpha value is -1.31. The van der Waals surface area contributed by atoms with E-state index in [-0.39, 0.29) is 0 Å². The summed E-state index contributed by atoms with van der Waals surface area (Å²) in [6.45, 7) is 2.09. The normalized spacial score (nSPS) is 11.2. The third-order valence-electron chi connectivity index (χ3n) is 2.97. The van der Waals surface area contributed by atoms with Gasteiger partial charge < -0.3 is 0 Å². The lowest BCUT2D eigenvalue weighted by molar-refractivity contribution is 1.45. The molecule has 0 spiro atoms. The molecule has 0 saturated carbocycles. The van der Waals surface area contributed by atoms with Gasteiger partial charge in [-0.25, -0.2) is 4.98 Å². The first kappa shape index (κ1) is 10.8. The van der Waals surface area contributed by atoms with Crippen molar-refractivity contribution in [2.75, 3.05) is 0 Å². The van der Waals surface area contributed by atoms with Crippen molar-refractivity contribution in [3.8, 4) is 0 Å². The minimum atomic E-state index is 0.700. The third-order valence-corrected chi connectivity index (χ3v) is 3.44. The molecule has 1 heterocycles. The molecule has 3 rings (SSSR count). The van der Waals surface area contributed by atoms with E-state index in [1.54, 1.807) is 0 Å². The fraction of sp³-hybridized carbons (Fsp3) is 0.0714. The van der Waals surface area contributed by atoms with Gasteiger partial charge in [0.15, 0.2) is 0 Å². The van der Waals surface area contributed by atoms with E-state index in [0.29, 0.717) is 10.0 Å². The summed E-state index contributed by atoms with van der Waals surface area (Å²) in [5, 5.41) is 3.66. The fourth-order valence-corrected chi connectivity index (χ4v) is 2.44. The molecule has 0 aliphatic rings.